The number of nitro groups is 1. The first kappa shape index (κ1) is 21.7. The molecule has 1 amide bonds. The largest absolute Gasteiger partial charge is 0.439 e. The number of furan rings is 1. The Morgan fingerprint density at radius 2 is 1.82 bits per heavy atom. The number of carbonyl (C=O) groups is 1. The van der Waals surface area contributed by atoms with Crippen molar-refractivity contribution in [1.82, 2.24) is 19.7 Å². The molecule has 0 fully saturated rings. The molecule has 33 heavy (non-hydrogen) atoms. The zero-order chi connectivity index (χ0) is 23.7. The highest BCUT2D eigenvalue weighted by molar-refractivity contribution is 6.02. The van der Waals surface area contributed by atoms with E-state index in [2.05, 4.69) is 20.4 Å². The van der Waals surface area contributed by atoms with Crippen LogP contribution >= 0.6 is 0 Å². The van der Waals surface area contributed by atoms with Crippen molar-refractivity contribution in [2.75, 3.05) is 5.32 Å². The zero-order valence-electron chi connectivity index (χ0n) is 18.3. The lowest BCUT2D eigenvalue weighted by molar-refractivity contribution is -0.402. The van der Waals surface area contributed by atoms with E-state index < -0.39 is 16.7 Å². The molecular weight excluding hydrogens is 428 g/mol. The average Bonchev–Trinajstić information content (AvgIpc) is 3.36. The lowest BCUT2D eigenvalue weighted by atomic mass is 10.2. The lowest BCUT2D eigenvalue weighted by Crippen LogP contribution is -2.10. The number of nitrogens with zero attached hydrogens (tertiary/aromatic N) is 5. The van der Waals surface area contributed by atoms with Gasteiger partial charge in [-0.2, -0.15) is 10.1 Å². The second kappa shape index (κ2) is 8.54. The van der Waals surface area contributed by atoms with Crippen molar-refractivity contribution in [1.29, 1.82) is 0 Å². The maximum Gasteiger partial charge on any atom is 0.433 e. The molecule has 0 saturated carbocycles. The van der Waals surface area contributed by atoms with Gasteiger partial charge < -0.3 is 14.5 Å². The van der Waals surface area contributed by atoms with E-state index in [0.29, 0.717) is 29.0 Å². The van der Waals surface area contributed by atoms with Crippen LogP contribution in [-0.2, 0) is 0 Å². The molecule has 0 spiro atoms. The van der Waals surface area contributed by atoms with Crippen molar-refractivity contribution < 1.29 is 18.9 Å². The van der Waals surface area contributed by atoms with E-state index in [1.165, 1.54) is 6.07 Å². The van der Waals surface area contributed by atoms with Crippen LogP contribution in [0.25, 0.3) is 5.82 Å². The molecule has 1 aromatic carbocycles. The smallest absolute Gasteiger partial charge is 0.433 e. The predicted octanol–water partition coefficient (Wildman–Crippen LogP) is 4.44. The number of carbonyl (C=O) groups excluding carboxylic acids is 1. The van der Waals surface area contributed by atoms with E-state index in [1.807, 2.05) is 20.8 Å². The van der Waals surface area contributed by atoms with Crippen molar-refractivity contribution >= 4 is 17.5 Å². The fourth-order valence-corrected chi connectivity index (χ4v) is 3.10. The summed E-state index contributed by atoms with van der Waals surface area (Å²) in [6, 6.07) is 10.6. The van der Waals surface area contributed by atoms with Crippen LogP contribution in [0.1, 0.15) is 33.3 Å². The first-order chi connectivity index (χ1) is 15.7. The van der Waals surface area contributed by atoms with Crippen LogP contribution in [0.4, 0.5) is 11.6 Å². The Hall–Kier alpha value is -4.54. The molecule has 3 heterocycles. The number of nitrogens with one attached hydrogen (secondary N) is 1. The minimum Gasteiger partial charge on any atom is -0.439 e. The molecule has 168 valence electrons. The Morgan fingerprint density at radius 1 is 1.09 bits per heavy atom. The number of hydrogen-bond donors (Lipinski definition) is 1. The van der Waals surface area contributed by atoms with Crippen LogP contribution in [0.3, 0.4) is 0 Å². The lowest BCUT2D eigenvalue weighted by Gasteiger charge is -2.10. The SMILES string of the molecule is Cc1nc(Oc2ccc(NC(=O)c3ccc([N+](=O)[O-])o3)cc2)cc(-n2nc(C)c(C)c2C)n1. The molecule has 3 aromatic heterocycles. The molecule has 4 aromatic rings. The quantitative estimate of drug-likeness (QED) is 0.337. The third kappa shape index (κ3) is 4.56. The number of benzene rings is 1. The second-order valence-electron chi connectivity index (χ2n) is 7.29. The number of aryl methyl sites for hydroxylation is 2. The molecule has 0 aliphatic carbocycles. The van der Waals surface area contributed by atoms with Crippen molar-refractivity contribution in [2.45, 2.75) is 27.7 Å². The van der Waals surface area contributed by atoms with Gasteiger partial charge in [0.2, 0.25) is 5.88 Å². The molecule has 0 aliphatic heterocycles. The van der Waals surface area contributed by atoms with E-state index in [0.717, 1.165) is 23.0 Å². The summed E-state index contributed by atoms with van der Waals surface area (Å²) in [5.41, 5.74) is 3.46. The topological polar surface area (TPSA) is 138 Å². The Labute approximate surface area is 188 Å². The Kier molecular flexibility index (Phi) is 5.61. The molecule has 0 bridgehead atoms. The molecule has 4 rings (SSSR count). The molecule has 0 aliphatic rings. The summed E-state index contributed by atoms with van der Waals surface area (Å²) in [5, 5.41) is 17.8. The highest BCUT2D eigenvalue weighted by Gasteiger charge is 2.17. The Balaban J connectivity index is 1.48. The van der Waals surface area contributed by atoms with E-state index in [-0.39, 0.29) is 5.76 Å². The van der Waals surface area contributed by atoms with Crippen molar-refractivity contribution in [2.24, 2.45) is 0 Å². The summed E-state index contributed by atoms with van der Waals surface area (Å²) >= 11 is 0. The molecule has 0 saturated heterocycles. The van der Waals surface area contributed by atoms with Gasteiger partial charge in [-0.05, 0) is 63.6 Å². The van der Waals surface area contributed by atoms with Gasteiger partial charge >= 0.3 is 5.88 Å². The van der Waals surface area contributed by atoms with Crippen LogP contribution in [0.2, 0.25) is 0 Å². The van der Waals surface area contributed by atoms with Crippen LogP contribution in [0, 0.1) is 37.8 Å². The van der Waals surface area contributed by atoms with Crippen LogP contribution in [0.15, 0.2) is 46.9 Å². The van der Waals surface area contributed by atoms with Gasteiger partial charge in [-0.1, -0.05) is 0 Å². The van der Waals surface area contributed by atoms with Crippen molar-refractivity contribution in [3.63, 3.8) is 0 Å². The summed E-state index contributed by atoms with van der Waals surface area (Å²) in [5.74, 6) is 0.710. The first-order valence-corrected chi connectivity index (χ1v) is 9.93. The van der Waals surface area contributed by atoms with Gasteiger partial charge in [0.15, 0.2) is 11.6 Å². The normalized spacial score (nSPS) is 10.8. The average molecular weight is 448 g/mol. The molecule has 11 nitrogen and oxygen atoms in total. The van der Waals surface area contributed by atoms with Gasteiger partial charge in [0.25, 0.3) is 5.91 Å². The fourth-order valence-electron chi connectivity index (χ4n) is 3.10. The van der Waals surface area contributed by atoms with Gasteiger partial charge in [-0.15, -0.1) is 0 Å². The third-order valence-corrected chi connectivity index (χ3v) is 5.00. The third-order valence-electron chi connectivity index (χ3n) is 5.00. The maximum absolute atomic E-state index is 12.2. The molecule has 11 heteroatoms. The van der Waals surface area contributed by atoms with Crippen LogP contribution in [-0.4, -0.2) is 30.6 Å². The second-order valence-corrected chi connectivity index (χ2v) is 7.29. The molecule has 0 atom stereocenters. The standard InChI is InChI=1S/C22H20N6O5/c1-12-13(2)26-27(14(12)3)19-11-20(24-15(4)23-19)32-17-7-5-16(6-8-17)25-22(29)18-9-10-21(33-18)28(30)31/h5-11H,1-4H3,(H,25,29). The predicted molar refractivity (Wildman–Crippen MR) is 118 cm³/mol. The van der Waals surface area contributed by atoms with Gasteiger partial charge in [0.05, 0.1) is 11.8 Å². The van der Waals surface area contributed by atoms with E-state index in [9.17, 15) is 14.9 Å². The number of ether oxygens (including phenoxy) is 1. The van der Waals surface area contributed by atoms with Crippen molar-refractivity contribution in [3.05, 3.63) is 81.1 Å². The number of rotatable bonds is 6. The fraction of sp³-hybridized carbons (Fsp3) is 0.182. The summed E-state index contributed by atoms with van der Waals surface area (Å²) in [6.45, 7) is 7.69. The highest BCUT2D eigenvalue weighted by Crippen LogP contribution is 2.25. The van der Waals surface area contributed by atoms with Crippen molar-refractivity contribution in [3.8, 4) is 17.4 Å². The summed E-state index contributed by atoms with van der Waals surface area (Å²) < 4.78 is 12.5. The van der Waals surface area contributed by atoms with Gasteiger partial charge in [-0.3, -0.25) is 14.9 Å². The minimum absolute atomic E-state index is 0.162. The number of hydrogen-bond acceptors (Lipinski definition) is 8. The summed E-state index contributed by atoms with van der Waals surface area (Å²) in [4.78, 5) is 31.0. The van der Waals surface area contributed by atoms with Crippen LogP contribution < -0.4 is 10.1 Å². The van der Waals surface area contributed by atoms with Gasteiger partial charge in [0.1, 0.15) is 16.5 Å². The minimum atomic E-state index is -0.709. The first-order valence-electron chi connectivity index (χ1n) is 9.93. The Morgan fingerprint density at radius 3 is 2.42 bits per heavy atom. The number of anilines is 1. The van der Waals surface area contributed by atoms with Gasteiger partial charge in [0, 0.05) is 17.4 Å². The van der Waals surface area contributed by atoms with E-state index in [4.69, 9.17) is 9.15 Å². The van der Waals surface area contributed by atoms with Gasteiger partial charge in [-0.25, -0.2) is 9.67 Å². The molecule has 0 radical (unpaired) electrons. The van der Waals surface area contributed by atoms with Crippen LogP contribution in [0.5, 0.6) is 11.6 Å². The monoisotopic (exact) mass is 448 g/mol. The summed E-state index contributed by atoms with van der Waals surface area (Å²) in [7, 11) is 0. The molecule has 0 unspecified atom stereocenters. The number of aromatic nitrogens is 4. The zero-order valence-corrected chi connectivity index (χ0v) is 18.3. The van der Waals surface area contributed by atoms with E-state index in [1.54, 1.807) is 41.9 Å². The maximum atomic E-state index is 12.2. The highest BCUT2D eigenvalue weighted by atomic mass is 16.6. The molecular formula is C22H20N6O5. The molecule has 1 N–H and O–H groups in total. The number of amides is 1. The summed E-state index contributed by atoms with van der Waals surface area (Å²) in [6.07, 6.45) is 0. The Bertz CT molecular complexity index is 1360. The van der Waals surface area contributed by atoms with E-state index >= 15 is 0 Å².